The molecule has 3 rings (SSSR count). The fourth-order valence-corrected chi connectivity index (χ4v) is 4.35. The molecule has 0 aliphatic carbocycles. The van der Waals surface area contributed by atoms with E-state index in [1.54, 1.807) is 28.7 Å². The summed E-state index contributed by atoms with van der Waals surface area (Å²) in [6, 6.07) is 9.85. The molecular formula is C16H14Cl2N2S2. The lowest BCUT2D eigenvalue weighted by Gasteiger charge is -2.05. The van der Waals surface area contributed by atoms with Gasteiger partial charge in [-0.1, -0.05) is 29.3 Å². The largest absolute Gasteiger partial charge is 0.306 e. The van der Waals surface area contributed by atoms with Crippen molar-refractivity contribution in [3.8, 4) is 9.75 Å². The molecule has 0 amide bonds. The van der Waals surface area contributed by atoms with Crippen molar-refractivity contribution in [1.82, 2.24) is 10.3 Å². The Hall–Kier alpha value is -0.910. The molecule has 2 aromatic heterocycles. The highest BCUT2D eigenvalue weighted by molar-refractivity contribution is 7.21. The summed E-state index contributed by atoms with van der Waals surface area (Å²) in [7, 11) is 0. The van der Waals surface area contributed by atoms with Crippen LogP contribution in [0.15, 0.2) is 36.5 Å². The zero-order chi connectivity index (χ0) is 15.5. The Bertz CT molecular complexity index is 780. The lowest BCUT2D eigenvalue weighted by Crippen LogP contribution is -2.12. The van der Waals surface area contributed by atoms with E-state index in [1.165, 1.54) is 14.6 Å². The zero-order valence-electron chi connectivity index (χ0n) is 11.9. The van der Waals surface area contributed by atoms with Crippen LogP contribution in [-0.2, 0) is 13.1 Å². The minimum atomic E-state index is 0.657. The molecule has 0 fully saturated rings. The first-order valence-electron chi connectivity index (χ1n) is 6.78. The molecule has 3 aromatic rings. The summed E-state index contributed by atoms with van der Waals surface area (Å²) in [5.41, 5.74) is 1.04. The van der Waals surface area contributed by atoms with Gasteiger partial charge in [0.2, 0.25) is 0 Å². The first-order chi connectivity index (χ1) is 10.6. The van der Waals surface area contributed by atoms with Crippen molar-refractivity contribution in [3.63, 3.8) is 0 Å². The fourth-order valence-electron chi connectivity index (χ4n) is 2.04. The van der Waals surface area contributed by atoms with Crippen LogP contribution in [0, 0.1) is 6.92 Å². The Balaban J connectivity index is 1.59. The molecular weight excluding hydrogens is 355 g/mol. The lowest BCUT2D eigenvalue weighted by molar-refractivity contribution is 0.690. The highest BCUT2D eigenvalue weighted by Gasteiger charge is 2.07. The summed E-state index contributed by atoms with van der Waals surface area (Å²) in [5.74, 6) is 0. The van der Waals surface area contributed by atoms with E-state index in [0.717, 1.165) is 17.1 Å². The van der Waals surface area contributed by atoms with E-state index in [2.05, 4.69) is 29.4 Å². The first kappa shape index (κ1) is 16.0. The van der Waals surface area contributed by atoms with Crippen LogP contribution in [0.4, 0.5) is 0 Å². The number of halogens is 2. The van der Waals surface area contributed by atoms with Gasteiger partial charge in [-0.2, -0.15) is 0 Å². The van der Waals surface area contributed by atoms with Gasteiger partial charge in [0.15, 0.2) is 0 Å². The number of hydrogen-bond acceptors (Lipinski definition) is 4. The molecule has 0 saturated carbocycles. The van der Waals surface area contributed by atoms with Crippen LogP contribution in [0.25, 0.3) is 9.75 Å². The number of hydrogen-bond donors (Lipinski definition) is 1. The van der Waals surface area contributed by atoms with Crippen LogP contribution in [0.1, 0.15) is 15.4 Å². The summed E-state index contributed by atoms with van der Waals surface area (Å²) in [5, 5.41) is 5.79. The van der Waals surface area contributed by atoms with Gasteiger partial charge in [0, 0.05) is 39.1 Å². The molecule has 0 aliphatic heterocycles. The van der Waals surface area contributed by atoms with E-state index in [0.29, 0.717) is 16.6 Å². The van der Waals surface area contributed by atoms with Gasteiger partial charge in [-0.3, -0.25) is 0 Å². The molecule has 0 unspecified atom stereocenters. The van der Waals surface area contributed by atoms with Crippen molar-refractivity contribution in [3.05, 3.63) is 62.0 Å². The van der Waals surface area contributed by atoms with E-state index in [4.69, 9.17) is 23.2 Å². The summed E-state index contributed by atoms with van der Waals surface area (Å²) >= 11 is 15.6. The highest BCUT2D eigenvalue weighted by Crippen LogP contribution is 2.32. The fraction of sp³-hybridized carbons (Fsp3) is 0.188. The number of rotatable bonds is 5. The lowest BCUT2D eigenvalue weighted by atomic mass is 10.2. The summed E-state index contributed by atoms with van der Waals surface area (Å²) in [6.07, 6.45) is 1.95. The van der Waals surface area contributed by atoms with Gasteiger partial charge >= 0.3 is 0 Å². The molecule has 22 heavy (non-hydrogen) atoms. The first-order valence-corrected chi connectivity index (χ1v) is 9.17. The van der Waals surface area contributed by atoms with Crippen LogP contribution in [0.5, 0.6) is 0 Å². The molecule has 114 valence electrons. The van der Waals surface area contributed by atoms with Gasteiger partial charge < -0.3 is 5.32 Å². The molecule has 1 N–H and O–H groups in total. The minimum absolute atomic E-state index is 0.657. The van der Waals surface area contributed by atoms with Crippen molar-refractivity contribution in [2.45, 2.75) is 20.0 Å². The van der Waals surface area contributed by atoms with E-state index < -0.39 is 0 Å². The topological polar surface area (TPSA) is 24.9 Å². The summed E-state index contributed by atoms with van der Waals surface area (Å²) < 4.78 is 0. The molecule has 6 heteroatoms. The minimum Gasteiger partial charge on any atom is -0.306 e. The van der Waals surface area contributed by atoms with Crippen molar-refractivity contribution in [1.29, 1.82) is 0 Å². The highest BCUT2D eigenvalue weighted by atomic mass is 35.5. The van der Waals surface area contributed by atoms with Crippen LogP contribution >= 0.6 is 45.9 Å². The third-order valence-corrected chi connectivity index (χ3v) is 5.92. The van der Waals surface area contributed by atoms with Gasteiger partial charge in [-0.05, 0) is 36.8 Å². The maximum atomic E-state index is 6.16. The second-order valence-electron chi connectivity index (χ2n) is 4.87. The van der Waals surface area contributed by atoms with Gasteiger partial charge in [-0.15, -0.1) is 22.7 Å². The van der Waals surface area contributed by atoms with Crippen molar-refractivity contribution >= 4 is 45.9 Å². The van der Waals surface area contributed by atoms with Crippen LogP contribution in [0.3, 0.4) is 0 Å². The average molecular weight is 369 g/mol. The molecule has 2 heterocycles. The third kappa shape index (κ3) is 3.89. The van der Waals surface area contributed by atoms with Gasteiger partial charge in [0.1, 0.15) is 5.01 Å². The zero-order valence-corrected chi connectivity index (χ0v) is 15.0. The van der Waals surface area contributed by atoms with E-state index in [9.17, 15) is 0 Å². The van der Waals surface area contributed by atoms with Crippen LogP contribution < -0.4 is 5.32 Å². The number of aromatic nitrogens is 1. The number of thiazole rings is 1. The molecule has 0 atom stereocenters. The second-order valence-corrected chi connectivity index (χ2v) is 8.11. The average Bonchev–Trinajstić information content (AvgIpc) is 3.10. The van der Waals surface area contributed by atoms with E-state index >= 15 is 0 Å². The molecule has 1 aromatic carbocycles. The van der Waals surface area contributed by atoms with E-state index in [1.807, 2.05) is 18.3 Å². The number of aryl methyl sites for hydroxylation is 1. The van der Waals surface area contributed by atoms with Crippen molar-refractivity contribution < 1.29 is 0 Å². The second kappa shape index (κ2) is 7.11. The van der Waals surface area contributed by atoms with Crippen molar-refractivity contribution in [2.75, 3.05) is 0 Å². The number of nitrogens with zero attached hydrogens (tertiary/aromatic N) is 1. The van der Waals surface area contributed by atoms with E-state index in [-0.39, 0.29) is 0 Å². The molecule has 0 bridgehead atoms. The Morgan fingerprint density at radius 3 is 2.64 bits per heavy atom. The molecule has 2 nitrogen and oxygen atoms in total. The Morgan fingerprint density at radius 1 is 1.05 bits per heavy atom. The van der Waals surface area contributed by atoms with Crippen LogP contribution in [0.2, 0.25) is 10.0 Å². The number of thiophene rings is 1. The summed E-state index contributed by atoms with van der Waals surface area (Å²) in [4.78, 5) is 8.30. The third-order valence-electron chi connectivity index (χ3n) is 3.14. The van der Waals surface area contributed by atoms with Gasteiger partial charge in [-0.25, -0.2) is 4.98 Å². The Labute approximate surface area is 147 Å². The Morgan fingerprint density at radius 2 is 1.91 bits per heavy atom. The van der Waals surface area contributed by atoms with Gasteiger partial charge in [0.05, 0.1) is 4.88 Å². The monoisotopic (exact) mass is 368 g/mol. The normalized spacial score (nSPS) is 11.0. The Kier molecular flexibility index (Phi) is 5.16. The predicted molar refractivity (Wildman–Crippen MR) is 97.2 cm³/mol. The number of nitrogens with one attached hydrogen (secondary N) is 1. The van der Waals surface area contributed by atoms with Gasteiger partial charge in [0.25, 0.3) is 0 Å². The maximum absolute atomic E-state index is 6.16. The molecule has 0 radical (unpaired) electrons. The van der Waals surface area contributed by atoms with Crippen molar-refractivity contribution in [2.24, 2.45) is 0 Å². The van der Waals surface area contributed by atoms with Crippen LogP contribution in [-0.4, -0.2) is 4.98 Å². The maximum Gasteiger partial charge on any atom is 0.107 e. The molecule has 0 saturated heterocycles. The number of benzene rings is 1. The SMILES string of the molecule is Cc1ccc(-c2cnc(CNCc3ccc(Cl)cc3Cl)s2)s1. The standard InChI is InChI=1S/C16H14Cl2N2S2/c1-10-2-5-14(21-10)15-8-20-16(22-15)9-19-7-11-3-4-12(17)6-13(11)18/h2-6,8,19H,7,9H2,1H3. The quantitative estimate of drug-likeness (QED) is 0.617. The smallest absolute Gasteiger partial charge is 0.107 e. The predicted octanol–water partition coefficient (Wildman–Crippen LogP) is 5.78. The molecule has 0 aliphatic rings. The summed E-state index contributed by atoms with van der Waals surface area (Å²) in [6.45, 7) is 3.55. The molecule has 0 spiro atoms.